The normalized spacial score (nSPS) is 16.5. The minimum atomic E-state index is -0.773. The van der Waals surface area contributed by atoms with Crippen molar-refractivity contribution >= 4 is 17.5 Å². The summed E-state index contributed by atoms with van der Waals surface area (Å²) in [5.41, 5.74) is 2.51. The number of amides is 2. The van der Waals surface area contributed by atoms with Gasteiger partial charge in [0.1, 0.15) is 18.4 Å². The molecular formula is C21H21N5O3. The minimum Gasteiger partial charge on any atom is -0.477 e. The van der Waals surface area contributed by atoms with Crippen LogP contribution in [0.4, 0.5) is 5.69 Å². The molecule has 4 rings (SSSR count). The molecule has 2 heterocycles. The number of carbonyl (C=O) groups is 2. The van der Waals surface area contributed by atoms with Gasteiger partial charge in [-0.15, -0.1) is 0 Å². The van der Waals surface area contributed by atoms with Crippen LogP contribution in [0.25, 0.3) is 5.69 Å². The third-order valence-electron chi connectivity index (χ3n) is 4.88. The van der Waals surface area contributed by atoms with E-state index in [0.717, 1.165) is 11.3 Å². The number of nitrogens with one attached hydrogen (secondary N) is 1. The lowest BCUT2D eigenvalue weighted by Gasteiger charge is -2.34. The number of para-hydroxylation sites is 2. The van der Waals surface area contributed by atoms with E-state index in [-0.39, 0.29) is 24.4 Å². The van der Waals surface area contributed by atoms with E-state index in [9.17, 15) is 9.59 Å². The maximum absolute atomic E-state index is 12.8. The molecule has 8 heteroatoms. The lowest BCUT2D eigenvalue weighted by molar-refractivity contribution is -0.129. The molecule has 0 radical (unpaired) electrons. The van der Waals surface area contributed by atoms with Gasteiger partial charge in [0.15, 0.2) is 6.10 Å². The number of fused-ring (bicyclic) bond motifs is 1. The molecule has 0 aliphatic carbocycles. The molecule has 0 saturated heterocycles. The molecule has 1 aliphatic rings. The van der Waals surface area contributed by atoms with E-state index in [0.29, 0.717) is 11.4 Å². The molecule has 0 saturated carbocycles. The molecule has 2 amide bonds. The van der Waals surface area contributed by atoms with Crippen molar-refractivity contribution < 1.29 is 14.3 Å². The number of aromatic nitrogens is 3. The largest absolute Gasteiger partial charge is 0.477 e. The van der Waals surface area contributed by atoms with Crippen molar-refractivity contribution in [2.75, 3.05) is 11.4 Å². The highest BCUT2D eigenvalue weighted by Gasteiger charge is 2.33. The molecule has 8 nitrogen and oxygen atoms in total. The third-order valence-corrected chi connectivity index (χ3v) is 4.88. The monoisotopic (exact) mass is 391 g/mol. The first-order valence-corrected chi connectivity index (χ1v) is 9.32. The fourth-order valence-electron chi connectivity index (χ4n) is 3.32. The van der Waals surface area contributed by atoms with Crippen LogP contribution in [-0.2, 0) is 9.59 Å². The van der Waals surface area contributed by atoms with Crippen molar-refractivity contribution in [2.24, 2.45) is 0 Å². The molecule has 148 valence electrons. The fourth-order valence-corrected chi connectivity index (χ4v) is 3.32. The highest BCUT2D eigenvalue weighted by Crippen LogP contribution is 2.33. The SMILES string of the molecule is CC(=O)N1CC(C(=O)NC(C)c2ccc(-n3cncn3)cc2)Oc2ccccc21. The lowest BCUT2D eigenvalue weighted by atomic mass is 10.1. The Balaban J connectivity index is 1.45. The quantitative estimate of drug-likeness (QED) is 0.737. The Morgan fingerprint density at radius 3 is 2.62 bits per heavy atom. The summed E-state index contributed by atoms with van der Waals surface area (Å²) >= 11 is 0. The predicted molar refractivity (Wildman–Crippen MR) is 107 cm³/mol. The van der Waals surface area contributed by atoms with E-state index in [1.165, 1.54) is 13.3 Å². The molecule has 3 aromatic rings. The second-order valence-corrected chi connectivity index (χ2v) is 6.87. The van der Waals surface area contributed by atoms with Crippen molar-refractivity contribution in [3.05, 3.63) is 66.7 Å². The van der Waals surface area contributed by atoms with Crippen LogP contribution in [0.3, 0.4) is 0 Å². The summed E-state index contributed by atoms with van der Waals surface area (Å²) < 4.78 is 7.52. The zero-order valence-corrected chi connectivity index (χ0v) is 16.1. The molecule has 0 bridgehead atoms. The summed E-state index contributed by atoms with van der Waals surface area (Å²) in [6.07, 6.45) is 2.33. The van der Waals surface area contributed by atoms with Gasteiger partial charge < -0.3 is 15.0 Å². The van der Waals surface area contributed by atoms with Gasteiger partial charge in [0, 0.05) is 6.92 Å². The average Bonchev–Trinajstić information content (AvgIpc) is 3.27. The topological polar surface area (TPSA) is 89.4 Å². The molecule has 2 aromatic carbocycles. The van der Waals surface area contributed by atoms with Crippen LogP contribution in [0.5, 0.6) is 5.75 Å². The fraction of sp³-hybridized carbons (Fsp3) is 0.238. The standard InChI is InChI=1S/C21H21N5O3/c1-14(16-7-9-17(10-8-16)26-13-22-12-23-26)24-21(28)20-11-25(15(2)27)18-5-3-4-6-19(18)29-20/h3-10,12-14,20H,11H2,1-2H3,(H,24,28). The Bertz CT molecular complexity index is 1020. The van der Waals surface area contributed by atoms with Crippen LogP contribution < -0.4 is 15.0 Å². The number of hydrogen-bond donors (Lipinski definition) is 1. The number of rotatable bonds is 4. The van der Waals surface area contributed by atoms with Gasteiger partial charge in [-0.2, -0.15) is 5.10 Å². The Hall–Kier alpha value is -3.68. The van der Waals surface area contributed by atoms with E-state index < -0.39 is 6.10 Å². The minimum absolute atomic E-state index is 0.129. The van der Waals surface area contributed by atoms with Crippen molar-refractivity contribution in [1.82, 2.24) is 20.1 Å². The third kappa shape index (κ3) is 3.82. The van der Waals surface area contributed by atoms with Crippen LogP contribution in [-0.4, -0.2) is 39.2 Å². The van der Waals surface area contributed by atoms with E-state index in [2.05, 4.69) is 15.4 Å². The summed E-state index contributed by atoms with van der Waals surface area (Å²) in [4.78, 5) is 30.4. The first-order chi connectivity index (χ1) is 14.0. The Labute approximate surface area is 168 Å². The van der Waals surface area contributed by atoms with Crippen LogP contribution in [0.15, 0.2) is 61.2 Å². The van der Waals surface area contributed by atoms with Gasteiger partial charge in [-0.05, 0) is 36.8 Å². The second-order valence-electron chi connectivity index (χ2n) is 6.87. The first kappa shape index (κ1) is 18.7. The van der Waals surface area contributed by atoms with E-state index >= 15 is 0 Å². The molecule has 2 atom stereocenters. The molecule has 1 aromatic heterocycles. The van der Waals surface area contributed by atoms with Crippen molar-refractivity contribution in [3.63, 3.8) is 0 Å². The van der Waals surface area contributed by atoms with E-state index in [1.54, 1.807) is 22.0 Å². The van der Waals surface area contributed by atoms with Gasteiger partial charge in [-0.25, -0.2) is 9.67 Å². The maximum atomic E-state index is 12.8. The average molecular weight is 391 g/mol. The highest BCUT2D eigenvalue weighted by atomic mass is 16.5. The van der Waals surface area contributed by atoms with Crippen LogP contribution in [0.1, 0.15) is 25.5 Å². The zero-order valence-electron chi connectivity index (χ0n) is 16.1. The van der Waals surface area contributed by atoms with Gasteiger partial charge in [0.25, 0.3) is 5.91 Å². The number of anilines is 1. The Morgan fingerprint density at radius 2 is 1.93 bits per heavy atom. The van der Waals surface area contributed by atoms with Crippen molar-refractivity contribution in [2.45, 2.75) is 26.0 Å². The molecule has 1 aliphatic heterocycles. The molecule has 0 fully saturated rings. The number of ether oxygens (including phenoxy) is 1. The number of carbonyl (C=O) groups excluding carboxylic acids is 2. The van der Waals surface area contributed by atoms with Gasteiger partial charge >= 0.3 is 0 Å². The van der Waals surface area contributed by atoms with Gasteiger partial charge in [0.05, 0.1) is 24.0 Å². The molecule has 29 heavy (non-hydrogen) atoms. The number of nitrogens with zero attached hydrogens (tertiary/aromatic N) is 4. The smallest absolute Gasteiger partial charge is 0.263 e. The first-order valence-electron chi connectivity index (χ1n) is 9.32. The van der Waals surface area contributed by atoms with Gasteiger partial charge in [-0.3, -0.25) is 9.59 Å². The van der Waals surface area contributed by atoms with E-state index in [4.69, 9.17) is 4.74 Å². The van der Waals surface area contributed by atoms with Gasteiger partial charge in [-0.1, -0.05) is 24.3 Å². The maximum Gasteiger partial charge on any atom is 0.263 e. The van der Waals surface area contributed by atoms with E-state index in [1.807, 2.05) is 49.4 Å². The van der Waals surface area contributed by atoms with Crippen molar-refractivity contribution in [1.29, 1.82) is 0 Å². The molecule has 2 unspecified atom stereocenters. The second kappa shape index (κ2) is 7.75. The number of benzene rings is 2. The Kier molecular flexibility index (Phi) is 4.99. The Morgan fingerprint density at radius 1 is 1.17 bits per heavy atom. The zero-order chi connectivity index (χ0) is 20.4. The summed E-state index contributed by atoms with van der Waals surface area (Å²) in [7, 11) is 0. The van der Waals surface area contributed by atoms with Crippen molar-refractivity contribution in [3.8, 4) is 11.4 Å². The lowest BCUT2D eigenvalue weighted by Crippen LogP contribution is -2.50. The molecular weight excluding hydrogens is 370 g/mol. The molecule has 0 spiro atoms. The van der Waals surface area contributed by atoms with Crippen LogP contribution in [0, 0.1) is 0 Å². The van der Waals surface area contributed by atoms with Crippen LogP contribution >= 0.6 is 0 Å². The summed E-state index contributed by atoms with van der Waals surface area (Å²) in [5, 5.41) is 7.07. The van der Waals surface area contributed by atoms with Gasteiger partial charge in [0.2, 0.25) is 5.91 Å². The number of hydrogen-bond acceptors (Lipinski definition) is 5. The predicted octanol–water partition coefficient (Wildman–Crippen LogP) is 2.26. The summed E-state index contributed by atoms with van der Waals surface area (Å²) in [5.74, 6) is 0.132. The van der Waals surface area contributed by atoms with Crippen LogP contribution in [0.2, 0.25) is 0 Å². The molecule has 1 N–H and O–H groups in total. The summed E-state index contributed by atoms with van der Waals surface area (Å²) in [6, 6.07) is 14.7. The summed E-state index contributed by atoms with van der Waals surface area (Å²) in [6.45, 7) is 3.56. The highest BCUT2D eigenvalue weighted by molar-refractivity contribution is 5.95.